The maximum atomic E-state index is 16.8. The molecule has 7 nitrogen and oxygen atoms in total. The van der Waals surface area contributed by atoms with Crippen LogP contribution in [0.15, 0.2) is 24.4 Å². The third kappa shape index (κ3) is 4.69. The highest BCUT2D eigenvalue weighted by Gasteiger charge is 2.33. The first kappa shape index (κ1) is 26.0. The molecular formula is C31H37ClFN7. The number of nitrogens with zero attached hydrogens (tertiary/aromatic N) is 5. The zero-order valence-corrected chi connectivity index (χ0v) is 24.2. The minimum atomic E-state index is -0.416. The van der Waals surface area contributed by atoms with E-state index in [0.717, 1.165) is 72.9 Å². The molecule has 2 atom stereocenters. The van der Waals surface area contributed by atoms with Crippen LogP contribution < -0.4 is 10.2 Å². The van der Waals surface area contributed by atoms with Gasteiger partial charge in [-0.3, -0.25) is 5.10 Å². The van der Waals surface area contributed by atoms with Crippen molar-refractivity contribution in [3.8, 4) is 11.1 Å². The van der Waals surface area contributed by atoms with Crippen molar-refractivity contribution in [2.75, 3.05) is 36.4 Å². The van der Waals surface area contributed by atoms with E-state index >= 15 is 4.39 Å². The van der Waals surface area contributed by atoms with E-state index in [1.165, 1.54) is 19.3 Å². The number of hydrogen-bond donors (Lipinski definition) is 2. The zero-order chi connectivity index (χ0) is 27.5. The van der Waals surface area contributed by atoms with Gasteiger partial charge in [-0.15, -0.1) is 0 Å². The molecule has 1 aliphatic carbocycles. The molecular weight excluding hydrogens is 525 g/mol. The van der Waals surface area contributed by atoms with Crippen molar-refractivity contribution in [2.45, 2.75) is 65.0 Å². The Labute approximate surface area is 239 Å². The summed E-state index contributed by atoms with van der Waals surface area (Å²) in [5.74, 6) is 1.90. The van der Waals surface area contributed by atoms with Crippen LogP contribution in [0.3, 0.4) is 0 Å². The summed E-state index contributed by atoms with van der Waals surface area (Å²) in [6.07, 6.45) is 7.67. The van der Waals surface area contributed by atoms with Crippen molar-refractivity contribution in [1.29, 1.82) is 0 Å². The Bertz CT molecular complexity index is 1560. The van der Waals surface area contributed by atoms with Crippen molar-refractivity contribution < 1.29 is 4.39 Å². The number of likely N-dealkylation sites (tertiary alicyclic amines) is 1. The Morgan fingerprint density at radius 1 is 1.02 bits per heavy atom. The molecule has 0 radical (unpaired) electrons. The summed E-state index contributed by atoms with van der Waals surface area (Å²) in [5.41, 5.74) is 3.08. The highest BCUT2D eigenvalue weighted by Crippen LogP contribution is 2.42. The highest BCUT2D eigenvalue weighted by atomic mass is 35.5. The number of anilines is 2. The van der Waals surface area contributed by atoms with E-state index in [1.54, 1.807) is 6.20 Å². The minimum Gasteiger partial charge on any atom is -0.355 e. The van der Waals surface area contributed by atoms with Gasteiger partial charge in [-0.05, 0) is 62.5 Å². The number of piperidine rings is 2. The molecule has 0 spiro atoms. The smallest absolute Gasteiger partial charge is 0.225 e. The zero-order valence-electron chi connectivity index (χ0n) is 23.5. The fourth-order valence-electron chi connectivity index (χ4n) is 7.02. The van der Waals surface area contributed by atoms with E-state index in [4.69, 9.17) is 21.6 Å². The van der Waals surface area contributed by atoms with Gasteiger partial charge in [0.2, 0.25) is 5.95 Å². The maximum absolute atomic E-state index is 16.8. The van der Waals surface area contributed by atoms with Crippen LogP contribution in [0.1, 0.15) is 51.5 Å². The van der Waals surface area contributed by atoms with Gasteiger partial charge in [0.15, 0.2) is 5.82 Å². The Morgan fingerprint density at radius 3 is 2.50 bits per heavy atom. The highest BCUT2D eigenvalue weighted by molar-refractivity contribution is 6.35. The summed E-state index contributed by atoms with van der Waals surface area (Å²) in [6, 6.07) is 6.89. The molecule has 9 heteroatoms. The molecule has 210 valence electrons. The van der Waals surface area contributed by atoms with E-state index in [2.05, 4.69) is 39.2 Å². The van der Waals surface area contributed by atoms with Gasteiger partial charge in [0.1, 0.15) is 11.3 Å². The first-order chi connectivity index (χ1) is 19.4. The van der Waals surface area contributed by atoms with Crippen LogP contribution >= 0.6 is 11.6 Å². The summed E-state index contributed by atoms with van der Waals surface area (Å²) in [7, 11) is 0. The summed E-state index contributed by atoms with van der Waals surface area (Å²) >= 11 is 6.92. The fraction of sp³-hybridized carbons (Fsp3) is 0.516. The molecule has 3 fully saturated rings. The first-order valence-electron chi connectivity index (χ1n) is 14.7. The Morgan fingerprint density at radius 2 is 1.77 bits per heavy atom. The molecule has 2 aliphatic heterocycles. The van der Waals surface area contributed by atoms with Gasteiger partial charge in [-0.25, -0.2) is 9.37 Å². The molecule has 0 amide bonds. The fourth-order valence-corrected chi connectivity index (χ4v) is 7.31. The van der Waals surface area contributed by atoms with Gasteiger partial charge in [0, 0.05) is 60.2 Å². The molecule has 4 heterocycles. The van der Waals surface area contributed by atoms with Gasteiger partial charge in [0.25, 0.3) is 0 Å². The van der Waals surface area contributed by atoms with E-state index < -0.39 is 5.82 Å². The second kappa shape index (κ2) is 10.1. The molecule has 7 rings (SSSR count). The van der Waals surface area contributed by atoms with Crippen LogP contribution in [-0.2, 0) is 0 Å². The predicted molar refractivity (Wildman–Crippen MR) is 161 cm³/mol. The predicted octanol–water partition coefficient (Wildman–Crippen LogP) is 6.80. The molecule has 2 N–H and O–H groups in total. The van der Waals surface area contributed by atoms with E-state index in [0.29, 0.717) is 39.3 Å². The summed E-state index contributed by atoms with van der Waals surface area (Å²) in [4.78, 5) is 14.8. The van der Waals surface area contributed by atoms with Crippen LogP contribution in [-0.4, -0.2) is 63.3 Å². The second-order valence-electron chi connectivity index (χ2n) is 12.4. The second-order valence-corrected chi connectivity index (χ2v) is 12.9. The standard InChI is InChI=1S/C31H37ClFN7/c1-17-12-18(2)16-40(15-17)30-23-13-24(32)26(25-19(3)4-5-20-14-34-38-28(20)25)27(33)29(23)36-31(37-30)35-21-8-10-39(11-9-21)22-6-7-22/h4-5,13-14,17-18,21-22H,6-12,15-16H2,1-3H3,(H,34,38)(H,35,36,37)/t17-,18+. The lowest BCUT2D eigenvalue weighted by Crippen LogP contribution is -2.41. The Hall–Kier alpha value is -2.97. The summed E-state index contributed by atoms with van der Waals surface area (Å²) in [6.45, 7) is 10.5. The molecule has 2 aromatic heterocycles. The minimum absolute atomic E-state index is 0.273. The van der Waals surface area contributed by atoms with Gasteiger partial charge in [-0.2, -0.15) is 10.1 Å². The summed E-state index contributed by atoms with van der Waals surface area (Å²) in [5, 5.41) is 12.8. The number of hydrogen-bond acceptors (Lipinski definition) is 6. The lowest BCUT2D eigenvalue weighted by molar-refractivity contribution is 0.210. The number of aromatic amines is 1. The molecule has 3 aliphatic rings. The van der Waals surface area contributed by atoms with Crippen LogP contribution in [0.5, 0.6) is 0 Å². The number of rotatable bonds is 5. The summed E-state index contributed by atoms with van der Waals surface area (Å²) < 4.78 is 16.8. The van der Waals surface area contributed by atoms with Crippen LogP contribution in [0.4, 0.5) is 16.2 Å². The van der Waals surface area contributed by atoms with Gasteiger partial charge >= 0.3 is 0 Å². The number of nitrogens with one attached hydrogen (secondary N) is 2. The largest absolute Gasteiger partial charge is 0.355 e. The first-order valence-corrected chi connectivity index (χ1v) is 15.1. The molecule has 0 bridgehead atoms. The molecule has 2 saturated heterocycles. The molecule has 2 aromatic carbocycles. The normalized spacial score (nSPS) is 22.9. The van der Waals surface area contributed by atoms with Crippen molar-refractivity contribution in [2.24, 2.45) is 11.8 Å². The van der Waals surface area contributed by atoms with Crippen molar-refractivity contribution >= 4 is 45.2 Å². The number of H-pyrrole nitrogens is 1. The number of halogens is 2. The third-order valence-corrected chi connectivity index (χ3v) is 9.33. The van der Waals surface area contributed by atoms with Gasteiger partial charge in [0.05, 0.1) is 16.7 Å². The van der Waals surface area contributed by atoms with Gasteiger partial charge in [-0.1, -0.05) is 37.6 Å². The number of aryl methyl sites for hydroxylation is 1. The van der Waals surface area contributed by atoms with Crippen LogP contribution in [0.2, 0.25) is 5.02 Å². The van der Waals surface area contributed by atoms with Crippen molar-refractivity contribution in [3.63, 3.8) is 0 Å². The van der Waals surface area contributed by atoms with Crippen molar-refractivity contribution in [1.82, 2.24) is 25.1 Å². The molecule has 4 aromatic rings. The van der Waals surface area contributed by atoms with Crippen LogP contribution in [0, 0.1) is 24.6 Å². The SMILES string of the molecule is Cc1ccc2cn[nH]c2c1-c1c(Cl)cc2c(N3C[C@H](C)C[C@H](C)C3)nc(NC3CCN(C4CC4)CC3)nc2c1F. The average molecular weight is 562 g/mol. The molecule has 40 heavy (non-hydrogen) atoms. The number of fused-ring (bicyclic) bond motifs is 2. The van der Waals surface area contributed by atoms with Gasteiger partial charge < -0.3 is 15.1 Å². The third-order valence-electron chi connectivity index (χ3n) is 9.03. The van der Waals surface area contributed by atoms with Crippen LogP contribution in [0.25, 0.3) is 32.9 Å². The lowest BCUT2D eigenvalue weighted by atomic mass is 9.91. The maximum Gasteiger partial charge on any atom is 0.225 e. The Balaban J connectivity index is 1.35. The Kier molecular flexibility index (Phi) is 6.58. The van der Waals surface area contributed by atoms with E-state index in [1.807, 2.05) is 25.1 Å². The molecule has 1 saturated carbocycles. The quantitative estimate of drug-likeness (QED) is 0.279. The molecule has 0 unspecified atom stereocenters. The number of benzene rings is 2. The number of aromatic nitrogens is 4. The van der Waals surface area contributed by atoms with E-state index in [9.17, 15) is 0 Å². The average Bonchev–Trinajstić information content (AvgIpc) is 3.66. The van der Waals surface area contributed by atoms with E-state index in [-0.39, 0.29) is 6.04 Å². The topological polar surface area (TPSA) is 73.0 Å². The monoisotopic (exact) mass is 561 g/mol. The van der Waals surface area contributed by atoms with Crippen molar-refractivity contribution in [3.05, 3.63) is 40.8 Å². The lowest BCUT2D eigenvalue weighted by Gasteiger charge is -2.37.